The van der Waals surface area contributed by atoms with Gasteiger partial charge in [0, 0.05) is 10.8 Å². The van der Waals surface area contributed by atoms with Crippen molar-refractivity contribution < 1.29 is 23.9 Å². The molecule has 0 N–H and O–H groups in total. The van der Waals surface area contributed by atoms with Crippen LogP contribution in [0.25, 0.3) is 10.8 Å². The van der Waals surface area contributed by atoms with E-state index in [1.54, 1.807) is 12.1 Å². The van der Waals surface area contributed by atoms with Gasteiger partial charge in [-0.2, -0.15) is 10.5 Å². The molecule has 2 aliphatic heterocycles. The van der Waals surface area contributed by atoms with Crippen molar-refractivity contribution in [3.63, 3.8) is 0 Å². The Hall–Kier alpha value is -4.82. The number of cyclic esters (lactones) is 2. The molecule has 0 aromatic heterocycles. The summed E-state index contributed by atoms with van der Waals surface area (Å²) >= 11 is 0. The quantitative estimate of drug-likeness (QED) is 0.353. The minimum atomic E-state index is -1.04. The summed E-state index contributed by atoms with van der Waals surface area (Å²) in [6.45, 7) is 1.86. The molecule has 3 aromatic carbocycles. The number of esters is 2. The molecule has 152 valence electrons. The Kier molecular flexibility index (Phi) is 3.95. The standard InChI is InChI=1S/C24H11N3O5/c1-11-2-4-12(5-3-11)10-27-21(28)15-6-14(9-26)18-20-16(23(30)32-24(18)31)7-13(8-25)17(19(15)20)22(27)29/h2-7H,10H2,1H3. The first kappa shape index (κ1) is 19.2. The first-order valence-electron chi connectivity index (χ1n) is 9.52. The molecule has 8 nitrogen and oxygen atoms in total. The van der Waals surface area contributed by atoms with Crippen LogP contribution in [0.15, 0.2) is 36.4 Å². The van der Waals surface area contributed by atoms with E-state index in [1.807, 2.05) is 31.2 Å². The van der Waals surface area contributed by atoms with Gasteiger partial charge in [0.25, 0.3) is 11.8 Å². The number of imide groups is 1. The predicted molar refractivity (Wildman–Crippen MR) is 109 cm³/mol. The fourth-order valence-corrected chi connectivity index (χ4v) is 4.16. The van der Waals surface area contributed by atoms with Gasteiger partial charge in [-0.15, -0.1) is 0 Å². The maximum Gasteiger partial charge on any atom is 0.348 e. The molecule has 5 rings (SSSR count). The van der Waals surface area contributed by atoms with E-state index >= 15 is 0 Å². The number of nitrogens with zero attached hydrogens (tertiary/aromatic N) is 3. The van der Waals surface area contributed by atoms with Crippen LogP contribution in [-0.4, -0.2) is 28.7 Å². The van der Waals surface area contributed by atoms with Gasteiger partial charge in [-0.3, -0.25) is 14.5 Å². The molecular weight excluding hydrogens is 410 g/mol. The summed E-state index contributed by atoms with van der Waals surface area (Å²) in [5.41, 5.74) is 0.992. The van der Waals surface area contributed by atoms with Crippen molar-refractivity contribution in [1.29, 1.82) is 10.5 Å². The summed E-state index contributed by atoms with van der Waals surface area (Å²) in [6.07, 6.45) is 0. The number of ether oxygens (including phenoxy) is 1. The number of amides is 2. The molecule has 8 heteroatoms. The molecule has 0 atom stereocenters. The lowest BCUT2D eigenvalue weighted by molar-refractivity contribution is 0.0388. The smallest absolute Gasteiger partial charge is 0.348 e. The van der Waals surface area contributed by atoms with Crippen LogP contribution in [0.4, 0.5) is 0 Å². The van der Waals surface area contributed by atoms with Crippen LogP contribution >= 0.6 is 0 Å². The number of rotatable bonds is 2. The number of hydrogen-bond donors (Lipinski definition) is 0. The Labute approximate surface area is 180 Å². The molecule has 0 saturated heterocycles. The van der Waals surface area contributed by atoms with Crippen molar-refractivity contribution in [1.82, 2.24) is 4.90 Å². The summed E-state index contributed by atoms with van der Waals surface area (Å²) < 4.78 is 4.72. The third-order valence-electron chi connectivity index (χ3n) is 5.65. The van der Waals surface area contributed by atoms with Crippen LogP contribution in [0.2, 0.25) is 0 Å². The Morgan fingerprint density at radius 2 is 1.41 bits per heavy atom. The SMILES string of the molecule is Cc1ccc(CN2C(=O)c3cc(C#N)c4c5c(cc(C#N)c(c35)C2=O)C(=O)OC4=O)cc1. The van der Waals surface area contributed by atoms with Crippen LogP contribution in [0.5, 0.6) is 0 Å². The van der Waals surface area contributed by atoms with Crippen LogP contribution in [0.3, 0.4) is 0 Å². The highest BCUT2D eigenvalue weighted by Crippen LogP contribution is 2.40. The van der Waals surface area contributed by atoms with Gasteiger partial charge in [0.2, 0.25) is 0 Å². The molecule has 2 aliphatic rings. The topological polar surface area (TPSA) is 128 Å². The molecule has 3 aromatic rings. The highest BCUT2D eigenvalue weighted by molar-refractivity contribution is 6.32. The number of aryl methyl sites for hydroxylation is 1. The average Bonchev–Trinajstić information content (AvgIpc) is 2.79. The number of carbonyl (C=O) groups excluding carboxylic acids is 4. The molecule has 32 heavy (non-hydrogen) atoms. The fourth-order valence-electron chi connectivity index (χ4n) is 4.16. The monoisotopic (exact) mass is 421 g/mol. The van der Waals surface area contributed by atoms with E-state index in [1.165, 1.54) is 12.1 Å². The third-order valence-corrected chi connectivity index (χ3v) is 5.65. The van der Waals surface area contributed by atoms with Gasteiger partial charge < -0.3 is 4.74 Å². The molecule has 0 unspecified atom stereocenters. The van der Waals surface area contributed by atoms with Gasteiger partial charge in [-0.25, -0.2) is 9.59 Å². The Morgan fingerprint density at radius 1 is 0.812 bits per heavy atom. The second-order valence-corrected chi connectivity index (χ2v) is 7.53. The van der Waals surface area contributed by atoms with Crippen LogP contribution in [0, 0.1) is 29.6 Å². The zero-order valence-electron chi connectivity index (χ0n) is 16.6. The Balaban J connectivity index is 1.83. The first-order valence-corrected chi connectivity index (χ1v) is 9.52. The maximum absolute atomic E-state index is 13.4. The van der Waals surface area contributed by atoms with Gasteiger partial charge in [0.15, 0.2) is 0 Å². The lowest BCUT2D eigenvalue weighted by Gasteiger charge is -2.30. The van der Waals surface area contributed by atoms with E-state index in [4.69, 9.17) is 4.74 Å². The van der Waals surface area contributed by atoms with Crippen molar-refractivity contribution in [2.24, 2.45) is 0 Å². The molecular formula is C24H11N3O5. The van der Waals surface area contributed by atoms with Gasteiger partial charge in [-0.05, 0) is 24.6 Å². The average molecular weight is 421 g/mol. The van der Waals surface area contributed by atoms with E-state index in [9.17, 15) is 29.7 Å². The Bertz CT molecular complexity index is 1520. The fraction of sp³-hybridized carbons (Fsp3) is 0.0833. The molecule has 0 aliphatic carbocycles. The van der Waals surface area contributed by atoms with E-state index in [2.05, 4.69) is 0 Å². The Morgan fingerprint density at radius 3 is 2.06 bits per heavy atom. The summed E-state index contributed by atoms with van der Waals surface area (Å²) in [5, 5.41) is 19.3. The molecule has 0 saturated carbocycles. The summed E-state index contributed by atoms with van der Waals surface area (Å²) in [4.78, 5) is 52.5. The molecule has 0 fully saturated rings. The minimum absolute atomic E-state index is 0.00835. The zero-order chi connectivity index (χ0) is 22.7. The van der Waals surface area contributed by atoms with Crippen LogP contribution in [-0.2, 0) is 11.3 Å². The molecule has 0 spiro atoms. The van der Waals surface area contributed by atoms with E-state index in [-0.39, 0.29) is 50.7 Å². The summed E-state index contributed by atoms with van der Waals surface area (Å²) in [7, 11) is 0. The number of hydrogen-bond acceptors (Lipinski definition) is 7. The highest BCUT2D eigenvalue weighted by Gasteiger charge is 2.41. The molecule has 0 radical (unpaired) electrons. The first-order chi connectivity index (χ1) is 15.3. The molecule has 2 heterocycles. The van der Waals surface area contributed by atoms with Crippen LogP contribution in [0.1, 0.15) is 63.7 Å². The zero-order valence-corrected chi connectivity index (χ0v) is 16.6. The van der Waals surface area contributed by atoms with Gasteiger partial charge in [0.05, 0.1) is 39.9 Å². The van der Waals surface area contributed by atoms with Crippen molar-refractivity contribution in [2.45, 2.75) is 13.5 Å². The number of carbonyl (C=O) groups is 4. The highest BCUT2D eigenvalue weighted by atomic mass is 16.6. The van der Waals surface area contributed by atoms with E-state index < -0.39 is 23.8 Å². The van der Waals surface area contributed by atoms with Crippen LogP contribution < -0.4 is 0 Å². The lowest BCUT2D eigenvalue weighted by atomic mass is 9.83. The van der Waals surface area contributed by atoms with Crippen molar-refractivity contribution in [2.75, 3.05) is 0 Å². The van der Waals surface area contributed by atoms with Crippen molar-refractivity contribution in [3.05, 3.63) is 80.9 Å². The van der Waals surface area contributed by atoms with Crippen molar-refractivity contribution >= 4 is 34.5 Å². The normalized spacial score (nSPS) is 14.3. The number of nitriles is 2. The second kappa shape index (κ2) is 6.59. The maximum atomic E-state index is 13.4. The van der Waals surface area contributed by atoms with E-state index in [0.717, 1.165) is 10.5 Å². The van der Waals surface area contributed by atoms with Crippen molar-refractivity contribution in [3.8, 4) is 12.1 Å². The summed E-state index contributed by atoms with van der Waals surface area (Å²) in [5.74, 6) is -3.44. The minimum Gasteiger partial charge on any atom is -0.386 e. The van der Waals surface area contributed by atoms with Gasteiger partial charge >= 0.3 is 11.9 Å². The molecule has 2 amide bonds. The molecule has 0 bridgehead atoms. The van der Waals surface area contributed by atoms with Gasteiger partial charge in [-0.1, -0.05) is 29.8 Å². The largest absolute Gasteiger partial charge is 0.386 e. The predicted octanol–water partition coefficient (Wildman–Crippen LogP) is 3.00. The van der Waals surface area contributed by atoms with E-state index in [0.29, 0.717) is 5.56 Å². The summed E-state index contributed by atoms with van der Waals surface area (Å²) in [6, 6.07) is 13.4. The lowest BCUT2D eigenvalue weighted by Crippen LogP contribution is -2.41. The third kappa shape index (κ3) is 2.47. The van der Waals surface area contributed by atoms with Gasteiger partial charge in [0.1, 0.15) is 12.1 Å². The number of benzene rings is 3. The second-order valence-electron chi connectivity index (χ2n) is 7.53.